The first-order valence-electron chi connectivity index (χ1n) is 7.13. The smallest absolute Gasteiger partial charge is 0.420 e. The highest BCUT2D eigenvalue weighted by Gasteiger charge is 2.40. The van der Waals surface area contributed by atoms with Crippen LogP contribution in [0.5, 0.6) is 0 Å². The number of nitrogens with one attached hydrogen (secondary N) is 2. The van der Waals surface area contributed by atoms with Gasteiger partial charge < -0.3 is 15.4 Å². The molecule has 0 radical (unpaired) electrons. The van der Waals surface area contributed by atoms with Crippen molar-refractivity contribution >= 4 is 39.8 Å². The summed E-state index contributed by atoms with van der Waals surface area (Å²) >= 11 is 1.17. The quantitative estimate of drug-likeness (QED) is 0.584. The van der Waals surface area contributed by atoms with Crippen LogP contribution in [-0.2, 0) is 6.18 Å². The highest BCUT2D eigenvalue weighted by Crippen LogP contribution is 2.37. The average molecular weight is 400 g/mol. The zero-order valence-electron chi connectivity index (χ0n) is 13.0. The molecular formula is C16H8F4N2O4S. The van der Waals surface area contributed by atoms with E-state index in [-0.39, 0.29) is 11.1 Å². The third-order valence-corrected chi connectivity index (χ3v) is 4.30. The van der Waals surface area contributed by atoms with E-state index in [9.17, 15) is 31.9 Å². The maximum Gasteiger partial charge on any atom is 0.420 e. The van der Waals surface area contributed by atoms with Gasteiger partial charge in [-0.2, -0.15) is 24.5 Å². The summed E-state index contributed by atoms with van der Waals surface area (Å²) in [4.78, 5) is 37.3. The Bertz CT molecular complexity index is 1120. The molecule has 0 bridgehead atoms. The summed E-state index contributed by atoms with van der Waals surface area (Å²) in [5.41, 5.74) is -5.46. The lowest BCUT2D eigenvalue weighted by Gasteiger charge is -2.16. The van der Waals surface area contributed by atoms with E-state index in [4.69, 9.17) is 5.11 Å². The summed E-state index contributed by atoms with van der Waals surface area (Å²) in [5.74, 6) is -4.72. The number of hydrogen-bond donors (Lipinski definition) is 3. The molecular weight excluding hydrogens is 392 g/mol. The van der Waals surface area contributed by atoms with Crippen LogP contribution < -0.4 is 10.9 Å². The summed E-state index contributed by atoms with van der Waals surface area (Å²) in [7, 11) is 0. The molecule has 0 saturated carbocycles. The third-order valence-electron chi connectivity index (χ3n) is 3.61. The first-order valence-corrected chi connectivity index (χ1v) is 8.07. The highest BCUT2D eigenvalue weighted by molar-refractivity contribution is 7.08. The Morgan fingerprint density at radius 3 is 2.48 bits per heavy atom. The maximum atomic E-state index is 14.2. The number of hydrogen-bond acceptors (Lipinski definition) is 4. The van der Waals surface area contributed by atoms with Crippen molar-refractivity contribution in [1.29, 1.82) is 0 Å². The minimum atomic E-state index is -5.23. The fourth-order valence-corrected chi connectivity index (χ4v) is 3.10. The molecule has 3 N–H and O–H groups in total. The van der Waals surface area contributed by atoms with Crippen molar-refractivity contribution in [3.8, 4) is 0 Å². The number of H-pyrrole nitrogens is 1. The fourth-order valence-electron chi connectivity index (χ4n) is 2.51. The number of carboxylic acids is 1. The van der Waals surface area contributed by atoms with E-state index >= 15 is 0 Å². The molecule has 0 fully saturated rings. The average Bonchev–Trinajstić information content (AvgIpc) is 3.05. The van der Waals surface area contributed by atoms with E-state index in [1.807, 2.05) is 4.98 Å². The van der Waals surface area contributed by atoms with Crippen molar-refractivity contribution in [2.75, 3.05) is 5.32 Å². The lowest BCUT2D eigenvalue weighted by atomic mass is 9.99. The third kappa shape index (κ3) is 3.40. The Balaban J connectivity index is 2.35. The van der Waals surface area contributed by atoms with Crippen LogP contribution in [0, 0.1) is 5.82 Å². The molecule has 27 heavy (non-hydrogen) atoms. The Hall–Kier alpha value is -3.21. The van der Waals surface area contributed by atoms with Gasteiger partial charge in [0.15, 0.2) is 0 Å². The van der Waals surface area contributed by atoms with Crippen molar-refractivity contribution in [2.45, 2.75) is 6.18 Å². The number of halogens is 4. The van der Waals surface area contributed by atoms with Crippen LogP contribution in [0.2, 0.25) is 0 Å². The molecule has 0 saturated heterocycles. The number of carbonyl (C=O) groups excluding carboxylic acids is 1. The van der Waals surface area contributed by atoms with Crippen molar-refractivity contribution in [3.63, 3.8) is 0 Å². The number of aromatic amines is 1. The van der Waals surface area contributed by atoms with Crippen LogP contribution in [0.25, 0.3) is 10.9 Å². The van der Waals surface area contributed by atoms with Crippen LogP contribution in [-0.4, -0.2) is 22.0 Å². The van der Waals surface area contributed by atoms with Crippen molar-refractivity contribution < 1.29 is 32.3 Å². The van der Waals surface area contributed by atoms with Gasteiger partial charge in [-0.3, -0.25) is 9.59 Å². The number of rotatable bonds is 3. The molecule has 2 aromatic heterocycles. The molecule has 2 heterocycles. The van der Waals surface area contributed by atoms with Crippen LogP contribution >= 0.6 is 11.3 Å². The van der Waals surface area contributed by atoms with Gasteiger partial charge in [0.25, 0.3) is 11.5 Å². The van der Waals surface area contributed by atoms with Gasteiger partial charge in [0.05, 0.1) is 16.8 Å². The molecule has 11 heteroatoms. The first kappa shape index (κ1) is 18.6. The van der Waals surface area contributed by atoms with Crippen molar-refractivity contribution in [2.24, 2.45) is 0 Å². The Morgan fingerprint density at radius 1 is 1.22 bits per heavy atom. The molecule has 6 nitrogen and oxygen atoms in total. The second-order valence-corrected chi connectivity index (χ2v) is 6.13. The van der Waals surface area contributed by atoms with Crippen LogP contribution in [0.3, 0.4) is 0 Å². The molecule has 1 amide bonds. The molecule has 3 aromatic rings. The van der Waals surface area contributed by atoms with Crippen LogP contribution in [0.1, 0.15) is 26.3 Å². The van der Waals surface area contributed by atoms with Gasteiger partial charge in [0, 0.05) is 10.8 Å². The Labute approximate surface area is 151 Å². The predicted molar refractivity (Wildman–Crippen MR) is 88.8 cm³/mol. The van der Waals surface area contributed by atoms with Crippen LogP contribution in [0.15, 0.2) is 33.8 Å². The number of anilines is 1. The summed E-state index contributed by atoms with van der Waals surface area (Å²) in [6, 6.07) is 2.55. The van der Waals surface area contributed by atoms with Crippen molar-refractivity contribution in [3.05, 3.63) is 61.8 Å². The van der Waals surface area contributed by atoms with Gasteiger partial charge >= 0.3 is 12.1 Å². The zero-order valence-corrected chi connectivity index (χ0v) is 13.8. The lowest BCUT2D eigenvalue weighted by Crippen LogP contribution is -2.24. The molecule has 0 aliphatic heterocycles. The maximum absolute atomic E-state index is 14.2. The first-order chi connectivity index (χ1) is 12.6. The topological polar surface area (TPSA) is 99.3 Å². The van der Waals surface area contributed by atoms with Gasteiger partial charge in [-0.25, -0.2) is 9.18 Å². The number of pyridine rings is 1. The van der Waals surface area contributed by atoms with Crippen LogP contribution in [0.4, 0.5) is 23.2 Å². The number of carbonyl (C=O) groups is 2. The molecule has 1 aromatic carbocycles. The zero-order chi connectivity index (χ0) is 19.9. The van der Waals surface area contributed by atoms with Gasteiger partial charge in [-0.05, 0) is 23.6 Å². The van der Waals surface area contributed by atoms with E-state index in [0.717, 1.165) is 0 Å². The summed E-state index contributed by atoms with van der Waals surface area (Å²) in [6.45, 7) is 0. The van der Waals surface area contributed by atoms with Crippen molar-refractivity contribution in [1.82, 2.24) is 4.98 Å². The molecule has 0 unspecified atom stereocenters. The molecule has 0 atom stereocenters. The number of aromatic nitrogens is 1. The highest BCUT2D eigenvalue weighted by atomic mass is 32.1. The lowest BCUT2D eigenvalue weighted by molar-refractivity contribution is -0.140. The Morgan fingerprint density at radius 2 is 1.93 bits per heavy atom. The number of benzene rings is 1. The molecule has 0 aliphatic carbocycles. The standard InChI is InChI=1S/C16H8F4N2O4S/c17-9-4-6-3-8(15(25)26)13(23)22-12(6)10(11(9)16(18,19)20)14(24)21-7-1-2-27-5-7/h1-5H,(H,21,24)(H,22,23)(H,25,26). The fraction of sp³-hybridized carbons (Fsp3) is 0.0625. The second-order valence-electron chi connectivity index (χ2n) is 5.35. The van der Waals surface area contributed by atoms with Gasteiger partial charge in [0.2, 0.25) is 0 Å². The molecule has 140 valence electrons. The number of fused-ring (bicyclic) bond motifs is 1. The van der Waals surface area contributed by atoms with E-state index < -0.39 is 51.6 Å². The summed E-state index contributed by atoms with van der Waals surface area (Å²) < 4.78 is 54.4. The number of aromatic carboxylic acids is 1. The molecule has 0 spiro atoms. The van der Waals surface area contributed by atoms with E-state index in [1.165, 1.54) is 22.8 Å². The predicted octanol–water partition coefficient (Wildman–Crippen LogP) is 3.70. The van der Waals surface area contributed by atoms with Gasteiger partial charge in [-0.15, -0.1) is 0 Å². The normalized spacial score (nSPS) is 11.6. The van der Waals surface area contributed by atoms with E-state index in [1.54, 1.807) is 5.38 Å². The van der Waals surface area contributed by atoms with Gasteiger partial charge in [0.1, 0.15) is 16.9 Å². The largest absolute Gasteiger partial charge is 0.477 e. The molecule has 3 rings (SSSR count). The molecule has 0 aliphatic rings. The minimum Gasteiger partial charge on any atom is -0.477 e. The number of thiophene rings is 1. The minimum absolute atomic E-state index is 0.181. The monoisotopic (exact) mass is 400 g/mol. The second kappa shape index (κ2) is 6.50. The summed E-state index contributed by atoms with van der Waals surface area (Å²) in [6.07, 6.45) is -5.23. The summed E-state index contributed by atoms with van der Waals surface area (Å²) in [5, 5.41) is 13.8. The SMILES string of the molecule is O=C(O)c1cc2cc(F)c(C(F)(F)F)c(C(=O)Nc3ccsc3)c2[nH]c1=O. The Kier molecular flexibility index (Phi) is 4.47. The van der Waals surface area contributed by atoms with Gasteiger partial charge in [-0.1, -0.05) is 0 Å². The van der Waals surface area contributed by atoms with E-state index in [2.05, 4.69) is 5.32 Å². The number of alkyl halides is 3. The van der Waals surface area contributed by atoms with E-state index in [0.29, 0.717) is 12.1 Å². The number of carboxylic acid groups (broad SMARTS) is 1. The number of amides is 1.